The largest absolute Gasteiger partial charge is 0.472 e. The third kappa shape index (κ3) is 70.9. The van der Waals surface area contributed by atoms with Gasteiger partial charge in [0.15, 0.2) is 12.2 Å². The van der Waals surface area contributed by atoms with Gasteiger partial charge < -0.3 is 33.8 Å². The van der Waals surface area contributed by atoms with Crippen LogP contribution in [0.1, 0.15) is 349 Å². The van der Waals surface area contributed by atoms with Gasteiger partial charge in [0.2, 0.25) is 0 Å². The van der Waals surface area contributed by atoms with E-state index in [2.05, 4.69) is 101 Å². The van der Waals surface area contributed by atoms with E-state index in [0.717, 1.165) is 154 Å². The molecule has 0 radical (unpaired) electrons. The second-order valence-electron chi connectivity index (χ2n) is 26.3. The summed E-state index contributed by atoms with van der Waals surface area (Å²) in [5.74, 6) is -2.19. The van der Waals surface area contributed by atoms with E-state index in [-0.39, 0.29) is 25.7 Å². The Kier molecular flexibility index (Phi) is 69.3. The highest BCUT2D eigenvalue weighted by atomic mass is 31.2. The van der Waals surface area contributed by atoms with Gasteiger partial charge in [-0.15, -0.1) is 0 Å². The zero-order valence-electron chi connectivity index (χ0n) is 62.2. The van der Waals surface area contributed by atoms with Crippen LogP contribution in [-0.2, 0) is 65.4 Å². The first kappa shape index (κ1) is 94.5. The van der Waals surface area contributed by atoms with Gasteiger partial charge in [0.05, 0.1) is 26.4 Å². The molecular weight excluding hydrogens is 1280 g/mol. The standard InChI is InChI=1S/C79H142O17P2/c1-5-9-13-17-21-25-29-33-36-40-43-47-51-55-59-63-76(81)89-69-74(95-78(83)65-61-57-53-49-45-39-32-28-24-20-16-12-8-4)71-93-97(85,86)91-67-73(80)68-92-98(87,88)94-72-75(96-79(84)66-62-58-54-50-46-42-38-35-31-27-23-19-15-11-7-3)70-90-77(82)64-60-56-52-48-44-41-37-34-30-26-22-18-14-10-6-2/h10,14,22-23,26-28,32,34-35,37-38,73-75,80H,5-9,11-13,15-21,24-25,29-31,33,36,39-72H2,1-4H3,(H,85,86)(H,87,88)/b14-10-,26-22-,27-23-,32-28-,37-34-,38-35-. The first-order chi connectivity index (χ1) is 47.7. The van der Waals surface area contributed by atoms with Crippen LogP contribution in [0.4, 0.5) is 0 Å². The number of phosphoric acid groups is 2. The van der Waals surface area contributed by atoms with Crippen molar-refractivity contribution in [3.05, 3.63) is 72.9 Å². The lowest BCUT2D eigenvalue weighted by molar-refractivity contribution is -0.161. The van der Waals surface area contributed by atoms with Crippen molar-refractivity contribution in [2.24, 2.45) is 0 Å². The van der Waals surface area contributed by atoms with Crippen LogP contribution in [0.25, 0.3) is 0 Å². The summed E-state index contributed by atoms with van der Waals surface area (Å²) >= 11 is 0. The van der Waals surface area contributed by atoms with Crippen LogP contribution in [0.2, 0.25) is 0 Å². The molecule has 0 aliphatic carbocycles. The van der Waals surface area contributed by atoms with Gasteiger partial charge in [0.25, 0.3) is 0 Å². The van der Waals surface area contributed by atoms with Crippen molar-refractivity contribution in [3.63, 3.8) is 0 Å². The van der Waals surface area contributed by atoms with Gasteiger partial charge in [0, 0.05) is 25.7 Å². The molecule has 0 aromatic heterocycles. The molecule has 0 fully saturated rings. The number of unbranched alkanes of at least 4 members (excludes halogenated alkanes) is 36. The Hall–Kier alpha value is -3.50. The van der Waals surface area contributed by atoms with Gasteiger partial charge in [-0.3, -0.25) is 37.3 Å². The molecule has 0 saturated carbocycles. The Morgan fingerprint density at radius 3 is 0.857 bits per heavy atom. The molecule has 98 heavy (non-hydrogen) atoms. The zero-order chi connectivity index (χ0) is 71.8. The van der Waals surface area contributed by atoms with Gasteiger partial charge >= 0.3 is 39.5 Å². The Labute approximate surface area is 596 Å². The molecule has 19 heteroatoms. The predicted molar refractivity (Wildman–Crippen MR) is 400 cm³/mol. The lowest BCUT2D eigenvalue weighted by atomic mass is 10.0. The van der Waals surface area contributed by atoms with Crippen molar-refractivity contribution >= 4 is 39.5 Å². The number of allylic oxidation sites excluding steroid dienone is 12. The Balaban J connectivity index is 5.35. The van der Waals surface area contributed by atoms with Crippen molar-refractivity contribution in [2.45, 2.75) is 367 Å². The fourth-order valence-corrected chi connectivity index (χ4v) is 12.3. The van der Waals surface area contributed by atoms with Crippen LogP contribution in [0, 0.1) is 0 Å². The maximum atomic E-state index is 13.1. The second kappa shape index (κ2) is 71.9. The zero-order valence-corrected chi connectivity index (χ0v) is 64.0. The number of carbonyl (C=O) groups excluding carboxylic acids is 4. The molecule has 17 nitrogen and oxygen atoms in total. The average Bonchev–Trinajstić information content (AvgIpc) is 1.04. The molecule has 0 aliphatic rings. The first-order valence-electron chi connectivity index (χ1n) is 39.2. The summed E-state index contributed by atoms with van der Waals surface area (Å²) in [6.45, 7) is 4.73. The van der Waals surface area contributed by atoms with E-state index in [9.17, 15) is 43.2 Å². The third-order valence-electron chi connectivity index (χ3n) is 16.7. The maximum Gasteiger partial charge on any atom is 0.472 e. The molecule has 0 aromatic carbocycles. The summed E-state index contributed by atoms with van der Waals surface area (Å²) in [5.41, 5.74) is 0. The molecule has 0 bridgehead atoms. The predicted octanol–water partition coefficient (Wildman–Crippen LogP) is 22.4. The quantitative estimate of drug-likeness (QED) is 0.0169. The van der Waals surface area contributed by atoms with Crippen LogP contribution in [0.15, 0.2) is 72.9 Å². The molecule has 0 aromatic rings. The average molecular weight is 1430 g/mol. The number of hydrogen-bond donors (Lipinski definition) is 3. The van der Waals surface area contributed by atoms with Crippen molar-refractivity contribution < 1.29 is 80.2 Å². The first-order valence-corrected chi connectivity index (χ1v) is 42.2. The number of carbonyl (C=O) groups is 4. The highest BCUT2D eigenvalue weighted by molar-refractivity contribution is 7.47. The van der Waals surface area contributed by atoms with Crippen LogP contribution < -0.4 is 0 Å². The summed E-state index contributed by atoms with van der Waals surface area (Å²) in [6.07, 6.45) is 71.7. The smallest absolute Gasteiger partial charge is 0.462 e. The molecule has 570 valence electrons. The summed E-state index contributed by atoms with van der Waals surface area (Å²) in [5, 5.41) is 10.6. The molecule has 3 N–H and O–H groups in total. The van der Waals surface area contributed by atoms with Crippen molar-refractivity contribution in [1.82, 2.24) is 0 Å². The molecule has 0 spiro atoms. The molecule has 0 heterocycles. The van der Waals surface area contributed by atoms with Crippen LogP contribution in [0.5, 0.6) is 0 Å². The van der Waals surface area contributed by atoms with Gasteiger partial charge in [-0.2, -0.15) is 0 Å². The van der Waals surface area contributed by atoms with Crippen molar-refractivity contribution in [3.8, 4) is 0 Å². The number of ether oxygens (including phenoxy) is 4. The molecule has 5 atom stereocenters. The number of rotatable bonds is 74. The van der Waals surface area contributed by atoms with E-state index in [4.69, 9.17) is 37.0 Å². The third-order valence-corrected chi connectivity index (χ3v) is 18.6. The van der Waals surface area contributed by atoms with Gasteiger partial charge in [0.1, 0.15) is 19.3 Å². The fourth-order valence-electron chi connectivity index (χ4n) is 10.7. The topological polar surface area (TPSA) is 237 Å². The summed E-state index contributed by atoms with van der Waals surface area (Å²) in [4.78, 5) is 72.9. The number of hydrogen-bond acceptors (Lipinski definition) is 15. The summed E-state index contributed by atoms with van der Waals surface area (Å²) in [7, 11) is -9.95. The van der Waals surface area contributed by atoms with E-state index in [1.165, 1.54) is 116 Å². The normalized spacial score (nSPS) is 14.3. The van der Waals surface area contributed by atoms with E-state index in [1.807, 2.05) is 0 Å². The highest BCUT2D eigenvalue weighted by Crippen LogP contribution is 2.45. The Morgan fingerprint density at radius 1 is 0.296 bits per heavy atom. The lowest BCUT2D eigenvalue weighted by Crippen LogP contribution is -2.30. The number of phosphoric ester groups is 2. The molecular formula is C79H142O17P2. The van der Waals surface area contributed by atoms with Crippen LogP contribution >= 0.6 is 15.6 Å². The second-order valence-corrected chi connectivity index (χ2v) is 29.2. The lowest BCUT2D eigenvalue weighted by Gasteiger charge is -2.21. The van der Waals surface area contributed by atoms with Gasteiger partial charge in [-0.1, -0.05) is 280 Å². The van der Waals surface area contributed by atoms with Gasteiger partial charge in [-0.25, -0.2) is 9.13 Å². The molecule has 5 unspecified atom stereocenters. The van der Waals surface area contributed by atoms with E-state index in [1.54, 1.807) is 0 Å². The Bertz CT molecular complexity index is 2140. The van der Waals surface area contributed by atoms with Crippen molar-refractivity contribution in [1.29, 1.82) is 0 Å². The molecule has 0 saturated heterocycles. The fraction of sp³-hybridized carbons (Fsp3) is 0.797. The van der Waals surface area contributed by atoms with Crippen LogP contribution in [-0.4, -0.2) is 96.7 Å². The van der Waals surface area contributed by atoms with Gasteiger partial charge in [-0.05, 0) is 116 Å². The highest BCUT2D eigenvalue weighted by Gasteiger charge is 2.30. The number of esters is 4. The number of aliphatic hydroxyl groups is 1. The Morgan fingerprint density at radius 2 is 0.531 bits per heavy atom. The van der Waals surface area contributed by atoms with E-state index < -0.39 is 97.5 Å². The summed E-state index contributed by atoms with van der Waals surface area (Å²) < 4.78 is 68.5. The maximum absolute atomic E-state index is 13.1. The number of aliphatic hydroxyl groups excluding tert-OH is 1. The SMILES string of the molecule is CC/C=C\C/C=C\C/C=C\CCCCCCCC(=O)OCC(COP(=O)(O)OCC(O)COP(=O)(O)OCC(COC(=O)CCCCCCCCCCCCCCCCC)OC(=O)CCCCCCC/C=C\CCCCCC)OC(=O)CCCCCCC/C=C\C/C=C\CCCCC. The minimum absolute atomic E-state index is 0.0770. The van der Waals surface area contributed by atoms with E-state index in [0.29, 0.717) is 25.7 Å². The molecule has 0 amide bonds. The summed E-state index contributed by atoms with van der Waals surface area (Å²) in [6, 6.07) is 0. The minimum atomic E-state index is -4.98. The molecule has 0 aliphatic heterocycles. The van der Waals surface area contributed by atoms with Crippen molar-refractivity contribution in [2.75, 3.05) is 39.6 Å². The van der Waals surface area contributed by atoms with E-state index >= 15 is 0 Å². The minimum Gasteiger partial charge on any atom is -0.462 e. The monoisotopic (exact) mass is 1420 g/mol. The van der Waals surface area contributed by atoms with Crippen LogP contribution in [0.3, 0.4) is 0 Å². The molecule has 0 rings (SSSR count).